The van der Waals surface area contributed by atoms with Crippen molar-refractivity contribution in [2.75, 3.05) is 13.7 Å². The van der Waals surface area contributed by atoms with E-state index in [1.807, 2.05) is 0 Å². The summed E-state index contributed by atoms with van der Waals surface area (Å²) in [5.74, 6) is 1.02. The van der Waals surface area contributed by atoms with Crippen molar-refractivity contribution in [3.63, 3.8) is 0 Å². The van der Waals surface area contributed by atoms with Crippen LogP contribution in [0.1, 0.15) is 37.3 Å². The van der Waals surface area contributed by atoms with Crippen molar-refractivity contribution >= 4 is 0 Å². The van der Waals surface area contributed by atoms with Crippen molar-refractivity contribution < 1.29 is 4.74 Å². The van der Waals surface area contributed by atoms with Gasteiger partial charge in [0.1, 0.15) is 5.75 Å². The third-order valence-corrected chi connectivity index (χ3v) is 3.72. The number of methoxy groups -OCH3 is 1. The van der Waals surface area contributed by atoms with Gasteiger partial charge in [0.2, 0.25) is 0 Å². The van der Waals surface area contributed by atoms with Crippen LogP contribution in [0.3, 0.4) is 0 Å². The van der Waals surface area contributed by atoms with Crippen LogP contribution in [0.5, 0.6) is 5.75 Å². The van der Waals surface area contributed by atoms with Gasteiger partial charge in [0.15, 0.2) is 0 Å². The number of rotatable bonds is 3. The van der Waals surface area contributed by atoms with E-state index in [1.54, 1.807) is 7.11 Å². The number of hydrogen-bond donors (Lipinski definition) is 1. The minimum absolute atomic E-state index is 0.136. The second-order valence-electron chi connectivity index (χ2n) is 4.67. The molecular weight excluding hydrogens is 198 g/mol. The molecule has 1 fully saturated rings. The van der Waals surface area contributed by atoms with Crippen molar-refractivity contribution in [1.82, 2.24) is 5.32 Å². The lowest BCUT2D eigenvalue weighted by molar-refractivity contribution is 0.342. The first-order valence-electron chi connectivity index (χ1n) is 6.12. The van der Waals surface area contributed by atoms with Gasteiger partial charge in [-0.1, -0.05) is 24.6 Å². The van der Waals surface area contributed by atoms with Gasteiger partial charge in [-0.3, -0.25) is 0 Å². The van der Waals surface area contributed by atoms with Gasteiger partial charge in [0.25, 0.3) is 0 Å². The smallest absolute Gasteiger partial charge is 0.123 e. The largest absolute Gasteiger partial charge is 0.496 e. The number of aryl methyl sites for hydroxylation is 1. The number of benzene rings is 1. The standard InChI is InChI=1S/C14H21NO/c1-4-14(8-5-9-15-14)12-10-11(2)6-7-13(12)16-3/h6-7,10,15H,4-5,8-9H2,1-3H3. The predicted octanol–water partition coefficient (Wildman–Crippen LogP) is 2.99. The highest BCUT2D eigenvalue weighted by Crippen LogP contribution is 2.39. The van der Waals surface area contributed by atoms with E-state index in [9.17, 15) is 0 Å². The van der Waals surface area contributed by atoms with Crippen LogP contribution in [-0.2, 0) is 5.54 Å². The number of hydrogen-bond acceptors (Lipinski definition) is 2. The molecule has 16 heavy (non-hydrogen) atoms. The maximum absolute atomic E-state index is 5.50. The fraction of sp³-hybridized carbons (Fsp3) is 0.571. The lowest BCUT2D eigenvalue weighted by Crippen LogP contribution is -2.36. The minimum Gasteiger partial charge on any atom is -0.496 e. The highest BCUT2D eigenvalue weighted by molar-refractivity contribution is 5.42. The molecule has 1 heterocycles. The van der Waals surface area contributed by atoms with Crippen LogP contribution in [0.25, 0.3) is 0 Å². The monoisotopic (exact) mass is 219 g/mol. The molecule has 0 spiro atoms. The van der Waals surface area contributed by atoms with Crippen molar-refractivity contribution in [1.29, 1.82) is 0 Å². The van der Waals surface area contributed by atoms with Crippen LogP contribution in [0, 0.1) is 6.92 Å². The number of ether oxygens (including phenoxy) is 1. The van der Waals surface area contributed by atoms with Gasteiger partial charge < -0.3 is 10.1 Å². The lowest BCUT2D eigenvalue weighted by atomic mass is 9.84. The zero-order valence-corrected chi connectivity index (χ0v) is 10.5. The molecule has 88 valence electrons. The Bertz CT molecular complexity index is 367. The summed E-state index contributed by atoms with van der Waals surface area (Å²) in [7, 11) is 1.76. The third-order valence-electron chi connectivity index (χ3n) is 3.72. The second kappa shape index (κ2) is 4.46. The molecule has 1 aromatic rings. The van der Waals surface area contributed by atoms with E-state index in [-0.39, 0.29) is 5.54 Å². The Morgan fingerprint density at radius 1 is 1.44 bits per heavy atom. The molecule has 0 saturated carbocycles. The molecule has 1 aliphatic heterocycles. The van der Waals surface area contributed by atoms with Crippen molar-refractivity contribution in [3.05, 3.63) is 29.3 Å². The van der Waals surface area contributed by atoms with Crippen molar-refractivity contribution in [3.8, 4) is 5.75 Å². The van der Waals surface area contributed by atoms with Gasteiger partial charge in [0.05, 0.1) is 7.11 Å². The summed E-state index contributed by atoms with van der Waals surface area (Å²) in [5.41, 5.74) is 2.77. The van der Waals surface area contributed by atoms with Gasteiger partial charge >= 0.3 is 0 Å². The molecule has 1 aliphatic rings. The van der Waals surface area contributed by atoms with Crippen molar-refractivity contribution in [2.24, 2.45) is 0 Å². The molecule has 1 N–H and O–H groups in total. The maximum Gasteiger partial charge on any atom is 0.123 e. The zero-order valence-electron chi connectivity index (χ0n) is 10.5. The summed E-state index contributed by atoms with van der Waals surface area (Å²) in [5, 5.41) is 3.66. The molecule has 0 amide bonds. The minimum atomic E-state index is 0.136. The SMILES string of the molecule is CCC1(c2cc(C)ccc2OC)CCCN1. The summed E-state index contributed by atoms with van der Waals surface area (Å²) in [6.07, 6.45) is 3.58. The van der Waals surface area contributed by atoms with E-state index >= 15 is 0 Å². The summed E-state index contributed by atoms with van der Waals surface area (Å²) in [6, 6.07) is 6.46. The molecule has 1 saturated heterocycles. The van der Waals surface area contributed by atoms with Crippen LogP contribution >= 0.6 is 0 Å². The van der Waals surface area contributed by atoms with E-state index in [0.717, 1.165) is 18.7 Å². The average molecular weight is 219 g/mol. The summed E-state index contributed by atoms with van der Waals surface area (Å²) in [4.78, 5) is 0. The first-order valence-corrected chi connectivity index (χ1v) is 6.12. The average Bonchev–Trinajstić information content (AvgIpc) is 2.78. The molecule has 2 nitrogen and oxygen atoms in total. The van der Waals surface area contributed by atoms with E-state index in [1.165, 1.54) is 24.0 Å². The molecule has 0 bridgehead atoms. The second-order valence-corrected chi connectivity index (χ2v) is 4.67. The van der Waals surface area contributed by atoms with Crippen molar-refractivity contribution in [2.45, 2.75) is 38.6 Å². The van der Waals surface area contributed by atoms with Crippen LogP contribution in [0.2, 0.25) is 0 Å². The first-order chi connectivity index (χ1) is 7.72. The van der Waals surface area contributed by atoms with E-state index in [2.05, 4.69) is 37.4 Å². The normalized spacial score (nSPS) is 24.7. The molecule has 0 radical (unpaired) electrons. The van der Waals surface area contributed by atoms with Crippen LogP contribution in [0.4, 0.5) is 0 Å². The Morgan fingerprint density at radius 2 is 2.25 bits per heavy atom. The fourth-order valence-corrected chi connectivity index (χ4v) is 2.72. The van der Waals surface area contributed by atoms with Gasteiger partial charge in [-0.2, -0.15) is 0 Å². The third kappa shape index (κ3) is 1.82. The zero-order chi connectivity index (χ0) is 11.6. The highest BCUT2D eigenvalue weighted by atomic mass is 16.5. The molecule has 0 aliphatic carbocycles. The molecule has 1 aromatic carbocycles. The molecular formula is C14H21NO. The Kier molecular flexibility index (Phi) is 3.20. The fourth-order valence-electron chi connectivity index (χ4n) is 2.72. The van der Waals surface area contributed by atoms with E-state index in [4.69, 9.17) is 4.74 Å². The predicted molar refractivity (Wildman–Crippen MR) is 66.9 cm³/mol. The Labute approximate surface area is 98.0 Å². The summed E-state index contributed by atoms with van der Waals surface area (Å²) >= 11 is 0. The first kappa shape index (κ1) is 11.5. The highest BCUT2D eigenvalue weighted by Gasteiger charge is 2.35. The topological polar surface area (TPSA) is 21.3 Å². The van der Waals surface area contributed by atoms with E-state index < -0.39 is 0 Å². The molecule has 1 atom stereocenters. The Morgan fingerprint density at radius 3 is 2.81 bits per heavy atom. The Balaban J connectivity index is 2.47. The van der Waals surface area contributed by atoms with Crippen LogP contribution in [0.15, 0.2) is 18.2 Å². The van der Waals surface area contributed by atoms with Gasteiger partial charge in [-0.25, -0.2) is 0 Å². The number of nitrogens with one attached hydrogen (secondary N) is 1. The van der Waals surface area contributed by atoms with Crippen LogP contribution in [-0.4, -0.2) is 13.7 Å². The maximum atomic E-state index is 5.50. The van der Waals surface area contributed by atoms with Gasteiger partial charge in [-0.05, 0) is 38.8 Å². The summed E-state index contributed by atoms with van der Waals surface area (Å²) in [6.45, 7) is 5.51. The molecule has 2 rings (SSSR count). The Hall–Kier alpha value is -1.02. The molecule has 0 aromatic heterocycles. The quantitative estimate of drug-likeness (QED) is 0.843. The molecule has 1 unspecified atom stereocenters. The van der Waals surface area contributed by atoms with Crippen LogP contribution < -0.4 is 10.1 Å². The molecule has 2 heteroatoms. The van der Waals surface area contributed by atoms with Gasteiger partial charge in [0, 0.05) is 11.1 Å². The van der Waals surface area contributed by atoms with Gasteiger partial charge in [-0.15, -0.1) is 0 Å². The summed E-state index contributed by atoms with van der Waals surface area (Å²) < 4.78 is 5.50. The lowest BCUT2D eigenvalue weighted by Gasteiger charge is -2.30. The van der Waals surface area contributed by atoms with E-state index in [0.29, 0.717) is 0 Å².